The van der Waals surface area contributed by atoms with Crippen molar-refractivity contribution in [1.82, 2.24) is 14.6 Å². The van der Waals surface area contributed by atoms with Crippen molar-refractivity contribution in [3.63, 3.8) is 0 Å². The standard InChI is InChI=1S/C13H12N4O/c1-18-10-4-2-3-9(7-10)11-5-6-13-15-12(14)8-17(13)16-11/h2-8H,14H2,1H3. The third kappa shape index (κ3) is 1.75. The molecule has 0 spiro atoms. The first kappa shape index (κ1) is 10.6. The van der Waals surface area contributed by atoms with Gasteiger partial charge in [0.25, 0.3) is 0 Å². The van der Waals surface area contributed by atoms with Crippen molar-refractivity contribution in [1.29, 1.82) is 0 Å². The van der Waals surface area contributed by atoms with Crippen molar-refractivity contribution in [2.45, 2.75) is 0 Å². The fraction of sp³-hybridized carbons (Fsp3) is 0.0769. The number of fused-ring (bicyclic) bond motifs is 1. The maximum Gasteiger partial charge on any atom is 0.156 e. The molecule has 0 saturated heterocycles. The highest BCUT2D eigenvalue weighted by Gasteiger charge is 2.04. The number of hydrogen-bond donors (Lipinski definition) is 1. The predicted molar refractivity (Wildman–Crippen MR) is 69.4 cm³/mol. The molecule has 5 heteroatoms. The Kier molecular flexibility index (Phi) is 2.37. The van der Waals surface area contributed by atoms with Crippen LogP contribution in [0.3, 0.4) is 0 Å². The first-order chi connectivity index (χ1) is 8.76. The molecule has 0 amide bonds. The molecular weight excluding hydrogens is 228 g/mol. The lowest BCUT2D eigenvalue weighted by molar-refractivity contribution is 0.415. The van der Waals surface area contributed by atoms with E-state index in [2.05, 4.69) is 10.1 Å². The van der Waals surface area contributed by atoms with Gasteiger partial charge in [-0.25, -0.2) is 9.50 Å². The normalized spacial score (nSPS) is 10.7. The zero-order chi connectivity index (χ0) is 12.5. The number of benzene rings is 1. The summed E-state index contributed by atoms with van der Waals surface area (Å²) >= 11 is 0. The molecule has 0 radical (unpaired) electrons. The van der Waals surface area contributed by atoms with Crippen molar-refractivity contribution < 1.29 is 4.74 Å². The van der Waals surface area contributed by atoms with E-state index in [1.165, 1.54) is 0 Å². The quantitative estimate of drug-likeness (QED) is 0.744. The largest absolute Gasteiger partial charge is 0.497 e. The average Bonchev–Trinajstić information content (AvgIpc) is 2.77. The van der Waals surface area contributed by atoms with Crippen molar-refractivity contribution in [2.75, 3.05) is 12.8 Å². The molecule has 0 aliphatic heterocycles. The van der Waals surface area contributed by atoms with Crippen LogP contribution >= 0.6 is 0 Å². The van der Waals surface area contributed by atoms with Gasteiger partial charge < -0.3 is 10.5 Å². The van der Waals surface area contributed by atoms with Crippen LogP contribution in [0.15, 0.2) is 42.6 Å². The monoisotopic (exact) mass is 240 g/mol. The van der Waals surface area contributed by atoms with Gasteiger partial charge in [-0.1, -0.05) is 12.1 Å². The summed E-state index contributed by atoms with van der Waals surface area (Å²) in [7, 11) is 1.65. The highest BCUT2D eigenvalue weighted by molar-refractivity contribution is 5.62. The maximum atomic E-state index is 5.63. The van der Waals surface area contributed by atoms with E-state index in [9.17, 15) is 0 Å². The second-order valence-electron chi connectivity index (χ2n) is 3.92. The van der Waals surface area contributed by atoms with Gasteiger partial charge in [0, 0.05) is 5.56 Å². The molecule has 2 heterocycles. The summed E-state index contributed by atoms with van der Waals surface area (Å²) in [5.41, 5.74) is 8.20. The van der Waals surface area contributed by atoms with Crippen LogP contribution < -0.4 is 10.5 Å². The second kappa shape index (κ2) is 4.03. The van der Waals surface area contributed by atoms with E-state index in [0.29, 0.717) is 5.82 Å². The lowest BCUT2D eigenvalue weighted by Gasteiger charge is -2.04. The number of nitrogens with zero attached hydrogens (tertiary/aromatic N) is 3. The number of nitrogen functional groups attached to an aromatic ring is 1. The first-order valence-electron chi connectivity index (χ1n) is 5.52. The van der Waals surface area contributed by atoms with Crippen LogP contribution in [-0.4, -0.2) is 21.7 Å². The summed E-state index contributed by atoms with van der Waals surface area (Å²) in [5.74, 6) is 1.27. The average molecular weight is 240 g/mol. The van der Waals surface area contributed by atoms with E-state index in [0.717, 1.165) is 22.7 Å². The fourth-order valence-electron chi connectivity index (χ4n) is 1.84. The molecule has 5 nitrogen and oxygen atoms in total. The van der Waals surface area contributed by atoms with Crippen molar-refractivity contribution in [3.05, 3.63) is 42.6 Å². The minimum Gasteiger partial charge on any atom is -0.497 e. The Balaban J connectivity index is 2.12. The Morgan fingerprint density at radius 3 is 2.94 bits per heavy atom. The molecule has 2 aromatic heterocycles. The fourth-order valence-corrected chi connectivity index (χ4v) is 1.84. The van der Waals surface area contributed by atoms with Crippen LogP contribution in [0.2, 0.25) is 0 Å². The van der Waals surface area contributed by atoms with Gasteiger partial charge in [-0.05, 0) is 24.3 Å². The van der Waals surface area contributed by atoms with Gasteiger partial charge in [0.15, 0.2) is 5.65 Å². The number of anilines is 1. The number of rotatable bonds is 2. The molecule has 0 saturated carbocycles. The summed E-state index contributed by atoms with van der Waals surface area (Å²) < 4.78 is 6.87. The maximum absolute atomic E-state index is 5.63. The van der Waals surface area contributed by atoms with Crippen LogP contribution in [-0.2, 0) is 0 Å². The number of aromatic nitrogens is 3. The number of hydrogen-bond acceptors (Lipinski definition) is 4. The van der Waals surface area contributed by atoms with E-state index >= 15 is 0 Å². The lowest BCUT2D eigenvalue weighted by Crippen LogP contribution is -1.93. The molecule has 0 atom stereocenters. The molecule has 90 valence electrons. The summed E-state index contributed by atoms with van der Waals surface area (Å²) in [6.07, 6.45) is 1.69. The summed E-state index contributed by atoms with van der Waals surface area (Å²) in [6, 6.07) is 11.6. The zero-order valence-electron chi connectivity index (χ0n) is 9.87. The molecule has 0 fully saturated rings. The molecule has 18 heavy (non-hydrogen) atoms. The molecule has 2 N–H and O–H groups in total. The Labute approximate surface area is 104 Å². The van der Waals surface area contributed by atoms with Crippen molar-refractivity contribution in [3.8, 4) is 17.0 Å². The van der Waals surface area contributed by atoms with Gasteiger partial charge in [-0.3, -0.25) is 0 Å². The Morgan fingerprint density at radius 1 is 1.22 bits per heavy atom. The van der Waals surface area contributed by atoms with Crippen molar-refractivity contribution in [2.24, 2.45) is 0 Å². The lowest BCUT2D eigenvalue weighted by atomic mass is 10.1. The van der Waals surface area contributed by atoms with Crippen LogP contribution in [0, 0.1) is 0 Å². The second-order valence-corrected chi connectivity index (χ2v) is 3.92. The summed E-state index contributed by atoms with van der Waals surface area (Å²) in [5, 5.41) is 4.46. The Hall–Kier alpha value is -2.56. The van der Waals surface area contributed by atoms with E-state index in [1.807, 2.05) is 36.4 Å². The number of ether oxygens (including phenoxy) is 1. The molecule has 3 rings (SSSR count). The molecule has 0 bridgehead atoms. The summed E-state index contributed by atoms with van der Waals surface area (Å²) in [6.45, 7) is 0. The number of nitrogens with two attached hydrogens (primary N) is 1. The number of imidazole rings is 1. The van der Waals surface area contributed by atoms with Gasteiger partial charge in [0.05, 0.1) is 19.0 Å². The van der Waals surface area contributed by atoms with Crippen LogP contribution in [0.4, 0.5) is 5.82 Å². The predicted octanol–water partition coefficient (Wildman–Crippen LogP) is 1.99. The Bertz CT molecular complexity index is 705. The molecular formula is C13H12N4O. The van der Waals surface area contributed by atoms with Crippen LogP contribution in [0.5, 0.6) is 5.75 Å². The minimum absolute atomic E-state index is 0.463. The van der Waals surface area contributed by atoms with Gasteiger partial charge in [-0.15, -0.1) is 0 Å². The third-order valence-electron chi connectivity index (χ3n) is 2.70. The molecule has 0 aliphatic carbocycles. The van der Waals surface area contributed by atoms with Crippen molar-refractivity contribution >= 4 is 11.5 Å². The van der Waals surface area contributed by atoms with Gasteiger partial charge in [-0.2, -0.15) is 5.10 Å². The minimum atomic E-state index is 0.463. The molecule has 0 aliphatic rings. The van der Waals surface area contributed by atoms with E-state index in [-0.39, 0.29) is 0 Å². The van der Waals surface area contributed by atoms with Crippen LogP contribution in [0.25, 0.3) is 16.9 Å². The SMILES string of the molecule is COc1cccc(-c2ccc3nc(N)cn3n2)c1. The Morgan fingerprint density at radius 2 is 2.11 bits per heavy atom. The molecule has 0 unspecified atom stereocenters. The first-order valence-corrected chi connectivity index (χ1v) is 5.52. The molecule has 3 aromatic rings. The van der Waals surface area contributed by atoms with E-state index in [4.69, 9.17) is 10.5 Å². The zero-order valence-corrected chi connectivity index (χ0v) is 9.87. The van der Waals surface area contributed by atoms with Gasteiger partial charge >= 0.3 is 0 Å². The highest BCUT2D eigenvalue weighted by atomic mass is 16.5. The van der Waals surface area contributed by atoms with E-state index < -0.39 is 0 Å². The summed E-state index contributed by atoms with van der Waals surface area (Å²) in [4.78, 5) is 4.14. The number of methoxy groups -OCH3 is 1. The smallest absolute Gasteiger partial charge is 0.156 e. The van der Waals surface area contributed by atoms with Gasteiger partial charge in [0.1, 0.15) is 11.6 Å². The van der Waals surface area contributed by atoms with E-state index in [1.54, 1.807) is 17.8 Å². The van der Waals surface area contributed by atoms with Crippen LogP contribution in [0.1, 0.15) is 0 Å². The molecule has 1 aromatic carbocycles. The third-order valence-corrected chi connectivity index (χ3v) is 2.70. The topological polar surface area (TPSA) is 65.4 Å². The highest BCUT2D eigenvalue weighted by Crippen LogP contribution is 2.22. The van der Waals surface area contributed by atoms with Gasteiger partial charge in [0.2, 0.25) is 0 Å².